The number of aromatic nitrogens is 1. The van der Waals surface area contributed by atoms with Gasteiger partial charge in [-0.05, 0) is 31.2 Å². The van der Waals surface area contributed by atoms with E-state index in [2.05, 4.69) is 10.3 Å². The minimum Gasteiger partial charge on any atom is -0.431 e. The lowest BCUT2D eigenvalue weighted by molar-refractivity contribution is -0.385. The number of hydrogen-bond donors (Lipinski definition) is 1. The van der Waals surface area contributed by atoms with E-state index in [4.69, 9.17) is 4.74 Å². The number of nitro groups is 1. The van der Waals surface area contributed by atoms with Crippen LogP contribution in [-0.4, -0.2) is 16.5 Å². The lowest BCUT2D eigenvalue weighted by Crippen LogP contribution is -2.12. The van der Waals surface area contributed by atoms with Crippen molar-refractivity contribution >= 4 is 5.69 Å². The van der Waals surface area contributed by atoms with Crippen LogP contribution < -0.4 is 10.1 Å². The Kier molecular flexibility index (Phi) is 4.84. The zero-order chi connectivity index (χ0) is 15.2. The van der Waals surface area contributed by atoms with Crippen molar-refractivity contribution in [2.45, 2.75) is 20.4 Å². The van der Waals surface area contributed by atoms with Gasteiger partial charge < -0.3 is 10.1 Å². The van der Waals surface area contributed by atoms with Gasteiger partial charge in [-0.25, -0.2) is 4.98 Å². The van der Waals surface area contributed by atoms with Gasteiger partial charge >= 0.3 is 5.69 Å². The van der Waals surface area contributed by atoms with Crippen molar-refractivity contribution in [3.8, 4) is 11.6 Å². The Morgan fingerprint density at radius 1 is 1.38 bits per heavy atom. The SMILES string of the molecule is CCNCc1cccnc1Oc1ccc(C)cc1[N+](=O)[O-]. The van der Waals surface area contributed by atoms with E-state index in [1.165, 1.54) is 6.07 Å². The summed E-state index contributed by atoms with van der Waals surface area (Å²) in [7, 11) is 0. The predicted molar refractivity (Wildman–Crippen MR) is 79.5 cm³/mol. The first-order valence-electron chi connectivity index (χ1n) is 6.69. The minimum absolute atomic E-state index is 0.0601. The quantitative estimate of drug-likeness (QED) is 0.652. The normalized spacial score (nSPS) is 10.4. The first-order chi connectivity index (χ1) is 10.1. The summed E-state index contributed by atoms with van der Waals surface area (Å²) in [5.74, 6) is 0.576. The summed E-state index contributed by atoms with van der Waals surface area (Å²) >= 11 is 0. The molecular weight excluding hydrogens is 270 g/mol. The molecule has 0 saturated carbocycles. The molecule has 2 rings (SSSR count). The maximum Gasteiger partial charge on any atom is 0.311 e. The third-order valence-electron chi connectivity index (χ3n) is 2.93. The Labute approximate surface area is 122 Å². The molecule has 6 nitrogen and oxygen atoms in total. The molecule has 21 heavy (non-hydrogen) atoms. The van der Waals surface area contributed by atoms with E-state index in [1.54, 1.807) is 25.3 Å². The molecule has 1 heterocycles. The fraction of sp³-hybridized carbons (Fsp3) is 0.267. The number of nitrogens with one attached hydrogen (secondary N) is 1. The van der Waals surface area contributed by atoms with Gasteiger partial charge in [0.25, 0.3) is 0 Å². The van der Waals surface area contributed by atoms with Gasteiger partial charge in [0.15, 0.2) is 0 Å². The van der Waals surface area contributed by atoms with Crippen molar-refractivity contribution in [1.29, 1.82) is 0 Å². The van der Waals surface area contributed by atoms with Crippen LogP contribution in [0.2, 0.25) is 0 Å². The number of hydrogen-bond acceptors (Lipinski definition) is 5. The Morgan fingerprint density at radius 2 is 2.19 bits per heavy atom. The van der Waals surface area contributed by atoms with Crippen molar-refractivity contribution in [2.24, 2.45) is 0 Å². The van der Waals surface area contributed by atoms with Crippen LogP contribution in [0.4, 0.5) is 5.69 Å². The largest absolute Gasteiger partial charge is 0.431 e. The second-order valence-corrected chi connectivity index (χ2v) is 4.58. The average Bonchev–Trinajstić information content (AvgIpc) is 2.48. The Morgan fingerprint density at radius 3 is 2.90 bits per heavy atom. The highest BCUT2D eigenvalue weighted by Gasteiger charge is 2.17. The third kappa shape index (κ3) is 3.76. The van der Waals surface area contributed by atoms with E-state index < -0.39 is 4.92 Å². The summed E-state index contributed by atoms with van der Waals surface area (Å²) in [5, 5.41) is 14.3. The number of nitro benzene ring substituents is 1. The molecule has 0 aliphatic heterocycles. The summed E-state index contributed by atoms with van der Waals surface area (Å²) in [6.07, 6.45) is 1.60. The Balaban J connectivity index is 2.32. The van der Waals surface area contributed by atoms with E-state index in [0.717, 1.165) is 17.7 Å². The fourth-order valence-corrected chi connectivity index (χ4v) is 1.87. The number of benzene rings is 1. The fourth-order valence-electron chi connectivity index (χ4n) is 1.87. The van der Waals surface area contributed by atoms with Crippen LogP contribution >= 0.6 is 0 Å². The van der Waals surface area contributed by atoms with E-state index in [-0.39, 0.29) is 11.4 Å². The van der Waals surface area contributed by atoms with Crippen molar-refractivity contribution in [1.82, 2.24) is 10.3 Å². The summed E-state index contributed by atoms with van der Waals surface area (Å²) in [6.45, 7) is 5.22. The molecular formula is C15H17N3O3. The first-order valence-corrected chi connectivity index (χ1v) is 6.69. The number of aryl methyl sites for hydroxylation is 1. The molecule has 0 unspecified atom stereocenters. The monoisotopic (exact) mass is 287 g/mol. The second kappa shape index (κ2) is 6.81. The highest BCUT2D eigenvalue weighted by molar-refractivity contribution is 5.50. The van der Waals surface area contributed by atoms with Crippen LogP contribution in [-0.2, 0) is 6.54 Å². The highest BCUT2D eigenvalue weighted by atomic mass is 16.6. The number of nitrogens with zero attached hydrogens (tertiary/aromatic N) is 2. The molecule has 1 N–H and O–H groups in total. The first kappa shape index (κ1) is 14.9. The summed E-state index contributed by atoms with van der Waals surface area (Å²) in [6, 6.07) is 8.55. The van der Waals surface area contributed by atoms with Gasteiger partial charge in [0.1, 0.15) is 0 Å². The number of pyridine rings is 1. The minimum atomic E-state index is -0.449. The van der Waals surface area contributed by atoms with Crippen LogP contribution in [0.3, 0.4) is 0 Å². The van der Waals surface area contributed by atoms with Gasteiger partial charge in [0.2, 0.25) is 11.6 Å². The molecule has 1 aromatic carbocycles. The second-order valence-electron chi connectivity index (χ2n) is 4.58. The summed E-state index contributed by atoms with van der Waals surface area (Å²) in [4.78, 5) is 14.8. The van der Waals surface area contributed by atoms with Crippen LogP contribution in [0.15, 0.2) is 36.5 Å². The van der Waals surface area contributed by atoms with Crippen LogP contribution in [0.25, 0.3) is 0 Å². The predicted octanol–water partition coefficient (Wildman–Crippen LogP) is 3.20. The maximum absolute atomic E-state index is 11.1. The number of ether oxygens (including phenoxy) is 1. The van der Waals surface area contributed by atoms with Gasteiger partial charge in [0.05, 0.1) is 4.92 Å². The molecule has 0 spiro atoms. The van der Waals surface area contributed by atoms with E-state index in [1.807, 2.05) is 19.1 Å². The van der Waals surface area contributed by atoms with Crippen LogP contribution in [0, 0.1) is 17.0 Å². The molecule has 1 aromatic heterocycles. The van der Waals surface area contributed by atoms with Gasteiger partial charge in [-0.15, -0.1) is 0 Å². The molecule has 0 atom stereocenters. The lowest BCUT2D eigenvalue weighted by Gasteiger charge is -2.10. The van der Waals surface area contributed by atoms with E-state index in [0.29, 0.717) is 12.4 Å². The molecule has 0 fully saturated rings. The Hall–Kier alpha value is -2.47. The van der Waals surface area contributed by atoms with Crippen LogP contribution in [0.5, 0.6) is 11.6 Å². The molecule has 0 radical (unpaired) electrons. The molecule has 0 bridgehead atoms. The van der Waals surface area contributed by atoms with Crippen molar-refractivity contribution in [3.05, 3.63) is 57.8 Å². The molecule has 110 valence electrons. The van der Waals surface area contributed by atoms with Gasteiger partial charge in [-0.1, -0.05) is 19.1 Å². The smallest absolute Gasteiger partial charge is 0.311 e. The lowest BCUT2D eigenvalue weighted by atomic mass is 10.2. The topological polar surface area (TPSA) is 77.3 Å². The van der Waals surface area contributed by atoms with Crippen LogP contribution in [0.1, 0.15) is 18.1 Å². The summed E-state index contributed by atoms with van der Waals surface area (Å²) in [5.41, 5.74) is 1.60. The zero-order valence-electron chi connectivity index (χ0n) is 12.0. The average molecular weight is 287 g/mol. The Bertz CT molecular complexity index is 644. The molecule has 0 aliphatic rings. The van der Waals surface area contributed by atoms with Crippen molar-refractivity contribution in [2.75, 3.05) is 6.54 Å². The van der Waals surface area contributed by atoms with E-state index in [9.17, 15) is 10.1 Å². The van der Waals surface area contributed by atoms with Gasteiger partial charge in [-0.3, -0.25) is 10.1 Å². The molecule has 0 amide bonds. The standard InChI is InChI=1S/C15H17N3O3/c1-3-16-10-12-5-4-8-17-15(12)21-14-7-6-11(2)9-13(14)18(19)20/h4-9,16H,3,10H2,1-2H3. The summed E-state index contributed by atoms with van der Waals surface area (Å²) < 4.78 is 5.66. The highest BCUT2D eigenvalue weighted by Crippen LogP contribution is 2.32. The maximum atomic E-state index is 11.1. The number of rotatable bonds is 6. The van der Waals surface area contributed by atoms with Crippen molar-refractivity contribution in [3.63, 3.8) is 0 Å². The van der Waals surface area contributed by atoms with Gasteiger partial charge in [-0.2, -0.15) is 0 Å². The van der Waals surface area contributed by atoms with E-state index >= 15 is 0 Å². The molecule has 0 saturated heterocycles. The molecule has 6 heteroatoms. The molecule has 2 aromatic rings. The third-order valence-corrected chi connectivity index (χ3v) is 2.93. The van der Waals surface area contributed by atoms with Gasteiger partial charge in [0, 0.05) is 24.4 Å². The van der Waals surface area contributed by atoms with Crippen molar-refractivity contribution < 1.29 is 9.66 Å². The molecule has 0 aliphatic carbocycles. The zero-order valence-corrected chi connectivity index (χ0v) is 12.0.